The highest BCUT2D eigenvalue weighted by Crippen LogP contribution is 2.19. The van der Waals surface area contributed by atoms with E-state index in [-0.39, 0.29) is 18.8 Å². The fraction of sp³-hybridized carbons (Fsp3) is 0.818. The van der Waals surface area contributed by atoms with Crippen molar-refractivity contribution in [2.75, 3.05) is 12.4 Å². The zero-order valence-electron chi connectivity index (χ0n) is 10.7. The van der Waals surface area contributed by atoms with Crippen molar-refractivity contribution in [3.63, 3.8) is 0 Å². The number of nitriles is 1. The lowest BCUT2D eigenvalue weighted by Gasteiger charge is -2.19. The van der Waals surface area contributed by atoms with Gasteiger partial charge in [0, 0.05) is 0 Å². The zero-order chi connectivity index (χ0) is 13.7. The lowest BCUT2D eigenvalue weighted by Crippen LogP contribution is -2.32. The van der Waals surface area contributed by atoms with Gasteiger partial charge in [-0.1, -0.05) is 0 Å². The fourth-order valence-electron chi connectivity index (χ4n) is 1.06. The van der Waals surface area contributed by atoms with Crippen molar-refractivity contribution in [3.05, 3.63) is 0 Å². The highest BCUT2D eigenvalue weighted by atomic mass is 32.2. The van der Waals surface area contributed by atoms with E-state index in [0.717, 1.165) is 0 Å². The Bertz CT molecular complexity index is 400. The smallest absolute Gasteiger partial charge is 0.323 e. The molecule has 0 aromatic carbocycles. The third-order valence-electron chi connectivity index (χ3n) is 2.34. The maximum atomic E-state index is 11.8. The van der Waals surface area contributed by atoms with E-state index in [1.807, 2.05) is 0 Å². The molecule has 0 spiro atoms. The van der Waals surface area contributed by atoms with Crippen LogP contribution in [0, 0.1) is 17.2 Å². The number of rotatable bonds is 5. The highest BCUT2D eigenvalue weighted by molar-refractivity contribution is 7.92. The van der Waals surface area contributed by atoms with E-state index in [1.165, 1.54) is 0 Å². The predicted octanol–water partition coefficient (Wildman–Crippen LogP) is 1.29. The summed E-state index contributed by atoms with van der Waals surface area (Å²) in [7, 11) is -3.31. The minimum atomic E-state index is -3.31. The molecule has 5 nitrogen and oxygen atoms in total. The first-order valence-electron chi connectivity index (χ1n) is 5.44. The largest absolute Gasteiger partial charge is 0.465 e. The molecule has 0 radical (unpaired) electrons. The molecule has 0 amide bonds. The van der Waals surface area contributed by atoms with E-state index < -0.39 is 26.5 Å². The number of carbonyl (C=O) groups is 1. The van der Waals surface area contributed by atoms with Crippen molar-refractivity contribution in [1.29, 1.82) is 5.26 Å². The second kappa shape index (κ2) is 6.01. The van der Waals surface area contributed by atoms with Crippen LogP contribution in [0.1, 0.15) is 34.1 Å². The maximum Gasteiger partial charge on any atom is 0.323 e. The van der Waals surface area contributed by atoms with Crippen LogP contribution < -0.4 is 0 Å². The molecule has 0 aliphatic rings. The van der Waals surface area contributed by atoms with Crippen LogP contribution in [0.25, 0.3) is 0 Å². The summed E-state index contributed by atoms with van der Waals surface area (Å²) in [6.07, 6.45) is -0.0189. The molecule has 1 unspecified atom stereocenters. The second-order valence-electron chi connectivity index (χ2n) is 4.65. The van der Waals surface area contributed by atoms with Gasteiger partial charge in [0.1, 0.15) is 5.92 Å². The summed E-state index contributed by atoms with van der Waals surface area (Å²) >= 11 is 0. The number of carbonyl (C=O) groups excluding carboxylic acids is 1. The van der Waals surface area contributed by atoms with Gasteiger partial charge in [-0.15, -0.1) is 0 Å². The van der Waals surface area contributed by atoms with E-state index in [1.54, 1.807) is 33.8 Å². The van der Waals surface area contributed by atoms with Gasteiger partial charge in [0.25, 0.3) is 0 Å². The summed E-state index contributed by atoms with van der Waals surface area (Å²) in [5.41, 5.74) is 0. The summed E-state index contributed by atoms with van der Waals surface area (Å²) in [5, 5.41) is 8.78. The molecule has 0 aliphatic carbocycles. The Balaban J connectivity index is 4.57. The Morgan fingerprint density at radius 2 is 1.94 bits per heavy atom. The number of hydrogen-bond acceptors (Lipinski definition) is 5. The molecular formula is C11H19NO4S. The Labute approximate surface area is 103 Å². The van der Waals surface area contributed by atoms with Crippen LogP contribution >= 0.6 is 0 Å². The van der Waals surface area contributed by atoms with Crippen LogP contribution in [-0.4, -0.2) is 31.5 Å². The molecule has 98 valence electrons. The standard InChI is InChI=1S/C11H19NO4S/c1-5-16-10(13)9(8-12)6-7-17(14,15)11(2,3)4/h9H,5-7H2,1-4H3. The summed E-state index contributed by atoms with van der Waals surface area (Å²) < 4.78 is 27.4. The van der Waals surface area contributed by atoms with Crippen molar-refractivity contribution < 1.29 is 17.9 Å². The zero-order valence-corrected chi connectivity index (χ0v) is 11.5. The lowest BCUT2D eigenvalue weighted by molar-refractivity contribution is -0.146. The summed E-state index contributed by atoms with van der Waals surface area (Å²) in [6.45, 7) is 6.59. The average molecular weight is 261 g/mol. The molecule has 0 heterocycles. The van der Waals surface area contributed by atoms with Gasteiger partial charge in [-0.3, -0.25) is 4.79 Å². The Morgan fingerprint density at radius 1 is 1.41 bits per heavy atom. The highest BCUT2D eigenvalue weighted by Gasteiger charge is 2.31. The predicted molar refractivity (Wildman–Crippen MR) is 63.9 cm³/mol. The molecule has 1 atom stereocenters. The van der Waals surface area contributed by atoms with Crippen LogP contribution in [0.15, 0.2) is 0 Å². The van der Waals surface area contributed by atoms with Crippen LogP contribution in [0.4, 0.5) is 0 Å². The van der Waals surface area contributed by atoms with E-state index in [4.69, 9.17) is 5.26 Å². The van der Waals surface area contributed by atoms with Gasteiger partial charge < -0.3 is 4.74 Å². The normalized spacial score (nSPS) is 13.8. The summed E-state index contributed by atoms with van der Waals surface area (Å²) in [6, 6.07) is 1.77. The minimum absolute atomic E-state index is 0.0189. The van der Waals surface area contributed by atoms with Gasteiger partial charge in [0.2, 0.25) is 0 Å². The van der Waals surface area contributed by atoms with Crippen LogP contribution in [0.2, 0.25) is 0 Å². The van der Waals surface area contributed by atoms with Crippen LogP contribution in [-0.2, 0) is 19.4 Å². The Morgan fingerprint density at radius 3 is 2.29 bits per heavy atom. The van der Waals surface area contributed by atoms with Crippen molar-refractivity contribution in [1.82, 2.24) is 0 Å². The molecule has 0 fully saturated rings. The van der Waals surface area contributed by atoms with E-state index in [0.29, 0.717) is 0 Å². The number of nitrogens with zero attached hydrogens (tertiary/aromatic N) is 1. The minimum Gasteiger partial charge on any atom is -0.465 e. The van der Waals surface area contributed by atoms with E-state index in [2.05, 4.69) is 4.74 Å². The quantitative estimate of drug-likeness (QED) is 0.696. The first-order valence-corrected chi connectivity index (χ1v) is 7.09. The fourth-order valence-corrected chi connectivity index (χ4v) is 2.22. The molecule has 0 aliphatic heterocycles. The molecule has 6 heteroatoms. The molecule has 0 aromatic heterocycles. The maximum absolute atomic E-state index is 11.8. The van der Waals surface area contributed by atoms with Crippen molar-refractivity contribution in [2.45, 2.75) is 38.9 Å². The lowest BCUT2D eigenvalue weighted by atomic mass is 10.1. The number of esters is 1. The first kappa shape index (κ1) is 15.9. The topological polar surface area (TPSA) is 84.2 Å². The van der Waals surface area contributed by atoms with Crippen molar-refractivity contribution in [2.24, 2.45) is 5.92 Å². The molecule has 0 saturated heterocycles. The Hall–Kier alpha value is -1.09. The molecule has 0 N–H and O–H groups in total. The van der Waals surface area contributed by atoms with E-state index in [9.17, 15) is 13.2 Å². The van der Waals surface area contributed by atoms with Gasteiger partial charge in [-0.25, -0.2) is 8.42 Å². The van der Waals surface area contributed by atoms with Crippen molar-refractivity contribution >= 4 is 15.8 Å². The van der Waals surface area contributed by atoms with Gasteiger partial charge in [-0.2, -0.15) is 5.26 Å². The van der Waals surface area contributed by atoms with Crippen molar-refractivity contribution in [3.8, 4) is 6.07 Å². The molecule has 0 saturated carbocycles. The third-order valence-corrected chi connectivity index (χ3v) is 4.97. The number of ether oxygens (including phenoxy) is 1. The van der Waals surface area contributed by atoms with Crippen LogP contribution in [0.3, 0.4) is 0 Å². The number of hydrogen-bond donors (Lipinski definition) is 0. The monoisotopic (exact) mass is 261 g/mol. The second-order valence-corrected chi connectivity index (χ2v) is 7.52. The van der Waals surface area contributed by atoms with Crippen LogP contribution in [0.5, 0.6) is 0 Å². The Kier molecular flexibility index (Phi) is 5.62. The molecule has 0 aromatic rings. The average Bonchev–Trinajstić information content (AvgIpc) is 2.17. The SMILES string of the molecule is CCOC(=O)C(C#N)CCS(=O)(=O)C(C)(C)C. The third kappa shape index (κ3) is 4.73. The molecular weight excluding hydrogens is 242 g/mol. The number of sulfone groups is 1. The van der Waals surface area contributed by atoms with Gasteiger partial charge in [0.15, 0.2) is 9.84 Å². The van der Waals surface area contributed by atoms with E-state index >= 15 is 0 Å². The van der Waals surface area contributed by atoms with Gasteiger partial charge in [-0.05, 0) is 34.1 Å². The summed E-state index contributed by atoms with van der Waals surface area (Å²) in [4.78, 5) is 11.3. The van der Waals surface area contributed by atoms with Gasteiger partial charge >= 0.3 is 5.97 Å². The first-order chi connectivity index (χ1) is 7.65. The molecule has 0 bridgehead atoms. The molecule has 17 heavy (non-hydrogen) atoms. The van der Waals surface area contributed by atoms with Gasteiger partial charge in [0.05, 0.1) is 23.2 Å². The molecule has 0 rings (SSSR count). The summed E-state index contributed by atoms with van der Waals surface area (Å²) in [5.74, 6) is -1.85.